The van der Waals surface area contributed by atoms with Crippen molar-refractivity contribution in [3.63, 3.8) is 0 Å². The standard InChI is InChI=1S/C42H22F4N4O2S2/c1-41(2)3-5-42(6-4-41)29-9-21(7-27-35(19(15-47)16-48)23-11-31(43)33(45)13-25(23)37(27)51)53-39(29)40-30(42)10-22(54-40)8-28-36(20(17-49)18-50)24-12-32(44)34(46)14-26(24)38(28)52/h7-14H,3-6H2,1-2H3/b27-7-,28-8-. The van der Waals surface area contributed by atoms with Gasteiger partial charge in [0, 0.05) is 58.3 Å². The molecule has 2 heterocycles. The summed E-state index contributed by atoms with van der Waals surface area (Å²) in [5.41, 5.74) is 0.336. The third kappa shape index (κ3) is 4.99. The first-order chi connectivity index (χ1) is 25.7. The van der Waals surface area contributed by atoms with E-state index in [9.17, 15) is 48.2 Å². The molecule has 4 aliphatic carbocycles. The molecule has 2 aromatic heterocycles. The average Bonchev–Trinajstić information content (AvgIpc) is 3.91. The van der Waals surface area contributed by atoms with Gasteiger partial charge in [0.25, 0.3) is 0 Å². The molecule has 0 radical (unpaired) electrons. The summed E-state index contributed by atoms with van der Waals surface area (Å²) in [7, 11) is 0. The third-order valence-electron chi connectivity index (χ3n) is 10.9. The molecular weight excluding hydrogens is 733 g/mol. The third-order valence-corrected chi connectivity index (χ3v) is 13.2. The summed E-state index contributed by atoms with van der Waals surface area (Å²) in [5.74, 6) is -6.18. The Morgan fingerprint density at radius 2 is 0.944 bits per heavy atom. The van der Waals surface area contributed by atoms with Crippen LogP contribution in [0.4, 0.5) is 17.6 Å². The molecule has 0 unspecified atom stereocenters. The van der Waals surface area contributed by atoms with Gasteiger partial charge in [0.2, 0.25) is 0 Å². The molecule has 0 bridgehead atoms. The van der Waals surface area contributed by atoms with Crippen LogP contribution in [0.2, 0.25) is 0 Å². The van der Waals surface area contributed by atoms with Crippen LogP contribution in [0.15, 0.2) is 58.7 Å². The smallest absolute Gasteiger partial charge is 0.194 e. The van der Waals surface area contributed by atoms with Gasteiger partial charge in [-0.2, -0.15) is 21.0 Å². The fourth-order valence-electron chi connectivity index (χ4n) is 8.11. The van der Waals surface area contributed by atoms with Crippen LogP contribution in [-0.4, -0.2) is 11.6 Å². The van der Waals surface area contributed by atoms with Gasteiger partial charge in [-0.25, -0.2) is 17.6 Å². The largest absolute Gasteiger partial charge is 0.289 e. The number of Topliss-reactive ketones (excluding diaryl/α,β-unsaturated/α-hetero) is 2. The molecule has 0 N–H and O–H groups in total. The Balaban J connectivity index is 1.29. The minimum absolute atomic E-state index is 0.0269. The topological polar surface area (TPSA) is 129 Å². The van der Waals surface area contributed by atoms with Crippen molar-refractivity contribution in [1.29, 1.82) is 21.0 Å². The predicted molar refractivity (Wildman–Crippen MR) is 194 cm³/mol. The van der Waals surface area contributed by atoms with E-state index in [-0.39, 0.29) is 50.0 Å². The first-order valence-corrected chi connectivity index (χ1v) is 18.3. The Kier molecular flexibility index (Phi) is 7.87. The van der Waals surface area contributed by atoms with Gasteiger partial charge in [0.15, 0.2) is 34.8 Å². The highest BCUT2D eigenvalue weighted by molar-refractivity contribution is 7.23. The highest BCUT2D eigenvalue weighted by Gasteiger charge is 2.49. The van der Waals surface area contributed by atoms with Crippen molar-refractivity contribution in [3.8, 4) is 34.0 Å². The van der Waals surface area contributed by atoms with E-state index in [1.807, 2.05) is 12.1 Å². The first-order valence-electron chi connectivity index (χ1n) is 16.7. The summed E-state index contributed by atoms with van der Waals surface area (Å²) in [6, 6.07) is 14.3. The highest BCUT2D eigenvalue weighted by Crippen LogP contribution is 2.63. The number of benzene rings is 2. The summed E-state index contributed by atoms with van der Waals surface area (Å²) >= 11 is 2.75. The van der Waals surface area contributed by atoms with E-state index in [1.165, 1.54) is 22.7 Å². The maximum Gasteiger partial charge on any atom is 0.194 e. The van der Waals surface area contributed by atoms with E-state index in [4.69, 9.17) is 0 Å². The Hall–Kier alpha value is -6.18. The maximum absolute atomic E-state index is 14.4. The molecule has 1 saturated carbocycles. The van der Waals surface area contributed by atoms with Gasteiger partial charge in [0.1, 0.15) is 35.4 Å². The molecule has 0 amide bonds. The van der Waals surface area contributed by atoms with Crippen LogP contribution in [0, 0.1) is 74.0 Å². The van der Waals surface area contributed by atoms with Crippen LogP contribution in [0.3, 0.4) is 0 Å². The summed E-state index contributed by atoms with van der Waals surface area (Å²) < 4.78 is 57.3. The van der Waals surface area contributed by atoms with E-state index < -0.39 is 51.4 Å². The molecule has 262 valence electrons. The molecule has 0 aliphatic heterocycles. The number of carbonyl (C=O) groups is 2. The number of carbonyl (C=O) groups excluding carboxylic acids is 2. The maximum atomic E-state index is 14.4. The van der Waals surface area contributed by atoms with Crippen LogP contribution < -0.4 is 0 Å². The number of nitriles is 4. The number of thiophene rings is 2. The van der Waals surface area contributed by atoms with E-state index >= 15 is 0 Å². The van der Waals surface area contributed by atoms with Gasteiger partial charge >= 0.3 is 0 Å². The van der Waals surface area contributed by atoms with Crippen molar-refractivity contribution in [2.24, 2.45) is 5.41 Å². The van der Waals surface area contributed by atoms with Crippen molar-refractivity contribution in [3.05, 3.63) is 125 Å². The number of hydrogen-bond donors (Lipinski definition) is 0. The quantitative estimate of drug-likeness (QED) is 0.114. The number of hydrogen-bond acceptors (Lipinski definition) is 8. The first kappa shape index (κ1) is 34.9. The van der Waals surface area contributed by atoms with Crippen LogP contribution in [0.25, 0.3) is 33.1 Å². The average molecular weight is 755 g/mol. The fourth-order valence-corrected chi connectivity index (χ4v) is 10.7. The number of ketones is 2. The lowest BCUT2D eigenvalue weighted by Crippen LogP contribution is -2.33. The molecule has 12 heteroatoms. The Bertz CT molecular complexity index is 2570. The van der Waals surface area contributed by atoms with Crippen molar-refractivity contribution in [2.75, 3.05) is 0 Å². The molecule has 4 aromatic rings. The second-order valence-electron chi connectivity index (χ2n) is 14.4. The zero-order valence-corrected chi connectivity index (χ0v) is 30.0. The second-order valence-corrected chi connectivity index (χ2v) is 16.5. The number of allylic oxidation sites excluding steroid dienone is 6. The summed E-state index contributed by atoms with van der Waals surface area (Å²) in [5, 5.41) is 39.1. The Labute approximate surface area is 314 Å². The molecule has 6 nitrogen and oxygen atoms in total. The molecule has 0 atom stereocenters. The lowest BCUT2D eigenvalue weighted by molar-refractivity contribution is 0.103. The highest BCUT2D eigenvalue weighted by atomic mass is 32.1. The Morgan fingerprint density at radius 1 is 0.593 bits per heavy atom. The van der Waals surface area contributed by atoms with E-state index in [2.05, 4.69) is 13.8 Å². The summed E-state index contributed by atoms with van der Waals surface area (Å²) in [6.45, 7) is 4.42. The van der Waals surface area contributed by atoms with Crippen LogP contribution >= 0.6 is 22.7 Å². The molecule has 2 aromatic carbocycles. The molecular formula is C42H22F4N4O2S2. The van der Waals surface area contributed by atoms with Crippen molar-refractivity contribution in [2.45, 2.75) is 44.9 Å². The van der Waals surface area contributed by atoms with E-state index in [1.54, 1.807) is 36.4 Å². The minimum Gasteiger partial charge on any atom is -0.289 e. The molecule has 54 heavy (non-hydrogen) atoms. The van der Waals surface area contributed by atoms with Gasteiger partial charge < -0.3 is 0 Å². The number of nitrogens with zero attached hydrogens (tertiary/aromatic N) is 4. The van der Waals surface area contributed by atoms with Crippen LogP contribution in [-0.2, 0) is 5.41 Å². The second kappa shape index (κ2) is 12.2. The zero-order chi connectivity index (χ0) is 38.4. The van der Waals surface area contributed by atoms with Crippen LogP contribution in [0.5, 0.6) is 0 Å². The molecule has 1 spiro atoms. The molecule has 8 rings (SSSR count). The van der Waals surface area contributed by atoms with Gasteiger partial charge in [0.05, 0.1) is 0 Å². The van der Waals surface area contributed by atoms with Gasteiger partial charge in [-0.1, -0.05) is 13.8 Å². The number of halogens is 4. The van der Waals surface area contributed by atoms with Crippen molar-refractivity contribution >= 4 is 57.5 Å². The number of rotatable bonds is 2. The minimum atomic E-state index is -1.23. The van der Waals surface area contributed by atoms with Gasteiger partial charge in [-0.3, -0.25) is 9.59 Å². The predicted octanol–water partition coefficient (Wildman–Crippen LogP) is 10.4. The Morgan fingerprint density at radius 3 is 1.30 bits per heavy atom. The molecule has 4 aliphatic rings. The van der Waals surface area contributed by atoms with Crippen molar-refractivity contribution < 1.29 is 27.2 Å². The lowest BCUT2D eigenvalue weighted by Gasteiger charge is -2.42. The lowest BCUT2D eigenvalue weighted by atomic mass is 9.62. The van der Waals surface area contributed by atoms with Crippen LogP contribution in [0.1, 0.15) is 92.3 Å². The van der Waals surface area contributed by atoms with E-state index in [0.29, 0.717) is 9.75 Å². The monoisotopic (exact) mass is 754 g/mol. The normalized spacial score (nSPS) is 18.6. The van der Waals surface area contributed by atoms with E-state index in [0.717, 1.165) is 70.8 Å². The summed E-state index contributed by atoms with van der Waals surface area (Å²) in [6.07, 6.45) is 6.44. The van der Waals surface area contributed by atoms with Gasteiger partial charge in [-0.05, 0) is 102 Å². The molecule has 1 fully saturated rings. The fraction of sp³-hybridized carbons (Fsp3) is 0.190. The number of fused-ring (bicyclic) bond motifs is 7. The van der Waals surface area contributed by atoms with Crippen molar-refractivity contribution in [1.82, 2.24) is 0 Å². The summed E-state index contributed by atoms with van der Waals surface area (Å²) in [4.78, 5) is 30.4. The SMILES string of the molecule is CC1(C)CCC2(CC1)c1cc(/C=C3\C(=O)c4cc(F)c(F)cc4C3=C(C#N)C#N)sc1-c1sc(/C=C3\C(=O)c4cc(F)c(F)cc4C3=C(C#N)C#N)cc12. The zero-order valence-electron chi connectivity index (χ0n) is 28.4. The van der Waals surface area contributed by atoms with Gasteiger partial charge in [-0.15, -0.1) is 22.7 Å². The molecule has 0 saturated heterocycles.